The number of nitrogens with one attached hydrogen (secondary N) is 2. The monoisotopic (exact) mass is 284 g/mol. The van der Waals surface area contributed by atoms with Crippen molar-refractivity contribution in [3.05, 3.63) is 54.6 Å². The van der Waals surface area contributed by atoms with Crippen molar-refractivity contribution in [1.29, 1.82) is 10.8 Å². The van der Waals surface area contributed by atoms with E-state index in [1.807, 2.05) is 26.8 Å². The van der Waals surface area contributed by atoms with Crippen LogP contribution in [0.15, 0.2) is 37.9 Å². The summed E-state index contributed by atoms with van der Waals surface area (Å²) >= 11 is 0. The Labute approximate surface area is 125 Å². The molecule has 0 aromatic heterocycles. The Kier molecular flexibility index (Phi) is 10.8. The van der Waals surface area contributed by atoms with Crippen LogP contribution in [-0.2, 0) is 9.59 Å². The highest BCUT2D eigenvalue weighted by Gasteiger charge is 2.09. The highest BCUT2D eigenvalue weighted by Crippen LogP contribution is 2.30. The van der Waals surface area contributed by atoms with Gasteiger partial charge in [-0.05, 0) is 43.0 Å². The van der Waals surface area contributed by atoms with Gasteiger partial charge in [-0.2, -0.15) is 0 Å². The standard InChI is InChI=1S/C15H18.2CHNO/c1-10(2)13-8-7-9-14(11(3)4)15(13)12(5)6;2*2-1-3/h7-9H,1,3,5H2,2,4,6H3;2*2H. The Hall–Kier alpha value is -2.80. The average molecular weight is 284 g/mol. The lowest BCUT2D eigenvalue weighted by Gasteiger charge is -2.14. The fourth-order valence-electron chi connectivity index (χ4n) is 1.72. The summed E-state index contributed by atoms with van der Waals surface area (Å²) in [5.74, 6) is 0. The first-order valence-electron chi connectivity index (χ1n) is 5.96. The molecule has 0 spiro atoms. The molecule has 110 valence electrons. The molecule has 0 aliphatic carbocycles. The Morgan fingerprint density at radius 2 is 1.14 bits per heavy atom. The van der Waals surface area contributed by atoms with Crippen molar-refractivity contribution >= 4 is 28.9 Å². The van der Waals surface area contributed by atoms with Crippen molar-refractivity contribution in [2.45, 2.75) is 20.8 Å². The van der Waals surface area contributed by atoms with Crippen LogP contribution in [0.1, 0.15) is 37.5 Å². The van der Waals surface area contributed by atoms with Crippen LogP contribution in [0.5, 0.6) is 0 Å². The minimum absolute atomic E-state index is 0.750. The number of rotatable bonds is 3. The van der Waals surface area contributed by atoms with Crippen LogP contribution in [-0.4, -0.2) is 12.2 Å². The number of allylic oxidation sites excluding steroid dienone is 3. The third-order valence-electron chi connectivity index (χ3n) is 2.41. The molecule has 0 heterocycles. The van der Waals surface area contributed by atoms with Gasteiger partial charge in [0.05, 0.1) is 0 Å². The fourth-order valence-corrected chi connectivity index (χ4v) is 1.72. The summed E-state index contributed by atoms with van der Waals surface area (Å²) in [4.78, 5) is 16.7. The first-order chi connectivity index (χ1) is 9.78. The molecule has 0 unspecified atom stereocenters. The second-order valence-electron chi connectivity index (χ2n) is 4.27. The zero-order chi connectivity index (χ0) is 17.0. The van der Waals surface area contributed by atoms with E-state index in [1.54, 1.807) is 0 Å². The number of isocyanates is 2. The molecule has 0 radical (unpaired) electrons. The van der Waals surface area contributed by atoms with Crippen molar-refractivity contribution in [2.75, 3.05) is 0 Å². The Morgan fingerprint density at radius 1 is 0.857 bits per heavy atom. The van der Waals surface area contributed by atoms with Crippen LogP contribution in [0.4, 0.5) is 0 Å². The van der Waals surface area contributed by atoms with Crippen molar-refractivity contribution < 1.29 is 9.59 Å². The summed E-state index contributed by atoms with van der Waals surface area (Å²) in [7, 11) is 0. The van der Waals surface area contributed by atoms with Gasteiger partial charge in [0.25, 0.3) is 0 Å². The van der Waals surface area contributed by atoms with Crippen LogP contribution < -0.4 is 0 Å². The van der Waals surface area contributed by atoms with Crippen molar-refractivity contribution in [3.63, 3.8) is 0 Å². The molecule has 0 saturated carbocycles. The lowest BCUT2D eigenvalue weighted by atomic mass is 9.90. The quantitative estimate of drug-likeness (QED) is 0.628. The molecular formula is C17H20N2O2. The number of hydrogen-bond donors (Lipinski definition) is 2. The Bertz CT molecular complexity index is 557. The Balaban J connectivity index is 0. The molecule has 0 aliphatic rings. The molecule has 4 nitrogen and oxygen atoms in total. The van der Waals surface area contributed by atoms with E-state index in [-0.39, 0.29) is 0 Å². The summed E-state index contributed by atoms with van der Waals surface area (Å²) in [5, 5.41) is 10.8. The van der Waals surface area contributed by atoms with Crippen LogP contribution in [0.2, 0.25) is 0 Å². The van der Waals surface area contributed by atoms with E-state index in [0.29, 0.717) is 0 Å². The van der Waals surface area contributed by atoms with Gasteiger partial charge >= 0.3 is 0 Å². The Morgan fingerprint density at radius 3 is 1.33 bits per heavy atom. The first-order valence-corrected chi connectivity index (χ1v) is 5.96. The van der Waals surface area contributed by atoms with Gasteiger partial charge in [0.15, 0.2) is 0 Å². The normalized spacial score (nSPS) is 7.76. The second-order valence-corrected chi connectivity index (χ2v) is 4.27. The summed E-state index contributed by atoms with van der Waals surface area (Å²) in [6.45, 7) is 18.1. The molecule has 4 heteroatoms. The van der Waals surface area contributed by atoms with Crippen LogP contribution in [0.25, 0.3) is 16.7 Å². The maximum Gasteiger partial charge on any atom is 0.231 e. The van der Waals surface area contributed by atoms with E-state index >= 15 is 0 Å². The molecule has 0 atom stereocenters. The molecule has 0 aliphatic heterocycles. The number of carbonyl (C=O) groups excluding carboxylic acids is 2. The summed E-state index contributed by atoms with van der Waals surface area (Å²) in [5.41, 5.74) is 6.71. The SMILES string of the molecule is C=C(C)c1cccc(C(=C)C)c1C(=C)C.N=C=O.N=C=O. The molecule has 1 aromatic carbocycles. The molecule has 0 amide bonds. The molecule has 0 fully saturated rings. The molecule has 21 heavy (non-hydrogen) atoms. The minimum Gasteiger partial charge on any atom is -0.222 e. The predicted octanol–water partition coefficient (Wildman–Crippen LogP) is 4.59. The topological polar surface area (TPSA) is 81.8 Å². The third kappa shape index (κ3) is 7.38. The zero-order valence-corrected chi connectivity index (χ0v) is 12.7. The molecule has 0 bridgehead atoms. The van der Waals surface area contributed by atoms with Crippen LogP contribution >= 0.6 is 0 Å². The van der Waals surface area contributed by atoms with Gasteiger partial charge < -0.3 is 0 Å². The first kappa shape index (κ1) is 20.5. The fraction of sp³-hybridized carbons (Fsp3) is 0.176. The van der Waals surface area contributed by atoms with Gasteiger partial charge in [-0.15, -0.1) is 0 Å². The van der Waals surface area contributed by atoms with E-state index in [0.717, 1.165) is 28.9 Å². The number of hydrogen-bond acceptors (Lipinski definition) is 4. The zero-order valence-electron chi connectivity index (χ0n) is 12.7. The molecule has 2 N–H and O–H groups in total. The van der Waals surface area contributed by atoms with Crippen LogP contribution in [0.3, 0.4) is 0 Å². The molecule has 1 rings (SSSR count). The van der Waals surface area contributed by atoms with Gasteiger partial charge in [-0.3, -0.25) is 0 Å². The number of benzene rings is 1. The van der Waals surface area contributed by atoms with Gasteiger partial charge in [0, 0.05) is 0 Å². The minimum atomic E-state index is 0.750. The van der Waals surface area contributed by atoms with E-state index in [4.69, 9.17) is 20.4 Å². The maximum absolute atomic E-state index is 8.35. The third-order valence-corrected chi connectivity index (χ3v) is 2.41. The van der Waals surface area contributed by atoms with E-state index in [2.05, 4.69) is 31.9 Å². The predicted molar refractivity (Wildman–Crippen MR) is 87.4 cm³/mol. The largest absolute Gasteiger partial charge is 0.231 e. The van der Waals surface area contributed by atoms with E-state index in [9.17, 15) is 0 Å². The lowest BCUT2D eigenvalue weighted by molar-refractivity contribution is 0.562. The molecular weight excluding hydrogens is 264 g/mol. The lowest BCUT2D eigenvalue weighted by Crippen LogP contribution is -1.94. The van der Waals surface area contributed by atoms with Gasteiger partial charge in [0.2, 0.25) is 12.2 Å². The average Bonchev–Trinajstić information content (AvgIpc) is 2.39. The van der Waals surface area contributed by atoms with Crippen molar-refractivity contribution in [2.24, 2.45) is 0 Å². The molecule has 1 aromatic rings. The van der Waals surface area contributed by atoms with Gasteiger partial charge in [-0.1, -0.05) is 49.1 Å². The van der Waals surface area contributed by atoms with E-state index < -0.39 is 0 Å². The van der Waals surface area contributed by atoms with E-state index in [1.165, 1.54) is 16.7 Å². The smallest absolute Gasteiger partial charge is 0.222 e. The van der Waals surface area contributed by atoms with Crippen molar-refractivity contribution in [3.8, 4) is 0 Å². The summed E-state index contributed by atoms with van der Waals surface area (Å²) in [6.07, 6.45) is 1.50. The highest BCUT2D eigenvalue weighted by atomic mass is 16.1. The van der Waals surface area contributed by atoms with Gasteiger partial charge in [0.1, 0.15) is 0 Å². The summed E-state index contributed by atoms with van der Waals surface area (Å²) < 4.78 is 0. The molecule has 0 saturated heterocycles. The van der Waals surface area contributed by atoms with Gasteiger partial charge in [-0.25, -0.2) is 20.4 Å². The maximum atomic E-state index is 8.35. The van der Waals surface area contributed by atoms with Crippen LogP contribution in [0, 0.1) is 10.8 Å². The summed E-state index contributed by atoms with van der Waals surface area (Å²) in [6, 6.07) is 6.21. The second kappa shape index (κ2) is 11.1. The van der Waals surface area contributed by atoms with Crippen molar-refractivity contribution in [1.82, 2.24) is 0 Å². The highest BCUT2D eigenvalue weighted by molar-refractivity contribution is 5.84.